The van der Waals surface area contributed by atoms with Gasteiger partial charge >= 0.3 is 6.03 Å². The van der Waals surface area contributed by atoms with E-state index in [1.807, 2.05) is 98.8 Å². The molecule has 0 unspecified atom stereocenters. The van der Waals surface area contributed by atoms with Crippen LogP contribution in [0.25, 0.3) is 11.1 Å². The molecule has 1 fully saturated rings. The van der Waals surface area contributed by atoms with Crippen LogP contribution in [-0.4, -0.2) is 24.5 Å². The quantitative estimate of drug-likeness (QED) is 0.617. The predicted octanol–water partition coefficient (Wildman–Crippen LogP) is 5.37. The highest BCUT2D eigenvalue weighted by molar-refractivity contribution is 5.94. The van der Waals surface area contributed by atoms with Crippen molar-refractivity contribution >= 4 is 11.7 Å². The number of urea groups is 1. The highest BCUT2D eigenvalue weighted by Gasteiger charge is 2.38. The summed E-state index contributed by atoms with van der Waals surface area (Å²) < 4.78 is 12.0. The molecule has 3 aromatic carbocycles. The van der Waals surface area contributed by atoms with Crippen molar-refractivity contribution in [2.45, 2.75) is 31.8 Å². The van der Waals surface area contributed by atoms with Gasteiger partial charge in [0.2, 0.25) is 0 Å². The van der Waals surface area contributed by atoms with Crippen LogP contribution in [0.2, 0.25) is 0 Å². The maximum Gasteiger partial charge on any atom is 0.319 e. The Morgan fingerprint density at radius 1 is 0.900 bits per heavy atom. The number of nitrogens with one attached hydrogen (secondary N) is 2. The van der Waals surface area contributed by atoms with Crippen molar-refractivity contribution < 1.29 is 14.3 Å². The molecule has 3 aromatic rings. The molecule has 2 amide bonds. The summed E-state index contributed by atoms with van der Waals surface area (Å²) >= 11 is 0. The molecular formula is C25H26N2O3. The molecule has 2 atom stereocenters. The van der Waals surface area contributed by atoms with Gasteiger partial charge in [0.15, 0.2) is 5.79 Å². The number of carbonyl (C=O) groups excluding carboxylic acids is 1. The summed E-state index contributed by atoms with van der Waals surface area (Å²) in [5.74, 6) is -0.713. The summed E-state index contributed by atoms with van der Waals surface area (Å²) in [5, 5.41) is 6.02. The molecule has 1 saturated heterocycles. The molecule has 1 heterocycles. The second-order valence-corrected chi connectivity index (χ2v) is 7.78. The van der Waals surface area contributed by atoms with E-state index >= 15 is 0 Å². The first-order valence-corrected chi connectivity index (χ1v) is 10.1. The molecule has 0 aliphatic carbocycles. The van der Waals surface area contributed by atoms with Crippen molar-refractivity contribution in [2.24, 2.45) is 0 Å². The Balaban J connectivity index is 1.51. The van der Waals surface area contributed by atoms with Crippen LogP contribution in [-0.2, 0) is 9.47 Å². The van der Waals surface area contributed by atoms with Crippen LogP contribution in [0.1, 0.15) is 25.5 Å². The van der Waals surface area contributed by atoms with Crippen molar-refractivity contribution in [1.82, 2.24) is 5.32 Å². The number of ether oxygens (including phenoxy) is 2. The first-order chi connectivity index (χ1) is 14.5. The lowest BCUT2D eigenvalue weighted by Crippen LogP contribution is -2.52. The minimum absolute atomic E-state index is 0.295. The molecule has 1 aliphatic heterocycles. The average molecular weight is 402 g/mol. The molecule has 154 valence electrons. The van der Waals surface area contributed by atoms with E-state index in [4.69, 9.17) is 9.47 Å². The lowest BCUT2D eigenvalue weighted by molar-refractivity contribution is -0.284. The van der Waals surface area contributed by atoms with Crippen LogP contribution in [0.3, 0.4) is 0 Å². The smallest absolute Gasteiger partial charge is 0.319 e. The van der Waals surface area contributed by atoms with Crippen LogP contribution < -0.4 is 10.6 Å². The second-order valence-electron chi connectivity index (χ2n) is 7.78. The molecule has 0 saturated carbocycles. The summed E-state index contributed by atoms with van der Waals surface area (Å²) in [7, 11) is 0. The van der Waals surface area contributed by atoms with E-state index in [1.54, 1.807) is 0 Å². The highest BCUT2D eigenvalue weighted by atomic mass is 16.7. The van der Waals surface area contributed by atoms with Gasteiger partial charge in [0.25, 0.3) is 0 Å². The van der Waals surface area contributed by atoms with Gasteiger partial charge in [0.1, 0.15) is 6.10 Å². The fourth-order valence-corrected chi connectivity index (χ4v) is 3.65. The van der Waals surface area contributed by atoms with E-state index in [9.17, 15) is 4.79 Å². The summed E-state index contributed by atoms with van der Waals surface area (Å²) in [6.07, 6.45) is -0.301. The fourth-order valence-electron chi connectivity index (χ4n) is 3.65. The van der Waals surface area contributed by atoms with Gasteiger partial charge in [-0.1, -0.05) is 78.9 Å². The zero-order chi connectivity index (χ0) is 21.0. The molecule has 0 bridgehead atoms. The predicted molar refractivity (Wildman–Crippen MR) is 118 cm³/mol. The normalized spacial score (nSPS) is 20.3. The third kappa shape index (κ3) is 4.70. The molecule has 0 spiro atoms. The van der Waals surface area contributed by atoms with Gasteiger partial charge in [-0.15, -0.1) is 0 Å². The minimum atomic E-state index is -0.713. The van der Waals surface area contributed by atoms with Gasteiger partial charge in [-0.05, 0) is 31.0 Å². The average Bonchev–Trinajstić information content (AvgIpc) is 2.76. The zero-order valence-electron chi connectivity index (χ0n) is 17.2. The monoisotopic (exact) mass is 402 g/mol. The van der Waals surface area contributed by atoms with Crippen molar-refractivity contribution in [3.8, 4) is 11.1 Å². The first-order valence-electron chi connectivity index (χ1n) is 10.1. The van der Waals surface area contributed by atoms with Gasteiger partial charge in [-0.25, -0.2) is 4.79 Å². The Labute approximate surface area is 177 Å². The largest absolute Gasteiger partial charge is 0.348 e. The van der Waals surface area contributed by atoms with E-state index in [0.29, 0.717) is 6.61 Å². The number of carbonyl (C=O) groups is 1. The number of rotatable bonds is 4. The summed E-state index contributed by atoms with van der Waals surface area (Å²) in [6.45, 7) is 4.13. The van der Waals surface area contributed by atoms with Crippen LogP contribution >= 0.6 is 0 Å². The topological polar surface area (TPSA) is 59.6 Å². The number of benzene rings is 3. The van der Waals surface area contributed by atoms with Crippen LogP contribution in [0, 0.1) is 0 Å². The van der Waals surface area contributed by atoms with Gasteiger partial charge < -0.3 is 20.1 Å². The SMILES string of the molecule is CC1(C)OC[C@H](NC(=O)Nc2ccccc2-c2ccccc2)[C@@H](c2ccccc2)O1. The van der Waals surface area contributed by atoms with Crippen molar-refractivity contribution in [3.05, 3.63) is 90.5 Å². The maximum absolute atomic E-state index is 12.9. The molecule has 4 rings (SSSR count). The van der Waals surface area contributed by atoms with E-state index < -0.39 is 5.79 Å². The molecule has 1 aliphatic rings. The molecule has 0 radical (unpaired) electrons. The Bertz CT molecular complexity index is 990. The second kappa shape index (κ2) is 8.69. The molecule has 2 N–H and O–H groups in total. The number of hydrogen-bond acceptors (Lipinski definition) is 3. The lowest BCUT2D eigenvalue weighted by Gasteiger charge is -2.41. The van der Waals surface area contributed by atoms with E-state index in [-0.39, 0.29) is 18.2 Å². The van der Waals surface area contributed by atoms with Crippen LogP contribution in [0.15, 0.2) is 84.9 Å². The Morgan fingerprint density at radius 2 is 1.53 bits per heavy atom. The lowest BCUT2D eigenvalue weighted by atomic mass is 10.0. The number of hydrogen-bond donors (Lipinski definition) is 2. The summed E-state index contributed by atoms with van der Waals surface area (Å²) in [6, 6.07) is 27.0. The Kier molecular flexibility index (Phi) is 5.84. The molecule has 5 heteroatoms. The first kappa shape index (κ1) is 20.1. The van der Waals surface area contributed by atoms with Gasteiger partial charge in [0, 0.05) is 5.56 Å². The third-order valence-corrected chi connectivity index (χ3v) is 5.09. The third-order valence-electron chi connectivity index (χ3n) is 5.09. The van der Waals surface area contributed by atoms with Crippen molar-refractivity contribution in [1.29, 1.82) is 0 Å². The highest BCUT2D eigenvalue weighted by Crippen LogP contribution is 2.33. The Morgan fingerprint density at radius 3 is 2.27 bits per heavy atom. The molecular weight excluding hydrogens is 376 g/mol. The maximum atomic E-state index is 12.9. The Hall–Kier alpha value is -3.15. The van der Waals surface area contributed by atoms with Crippen molar-refractivity contribution in [2.75, 3.05) is 11.9 Å². The fraction of sp³-hybridized carbons (Fsp3) is 0.240. The van der Waals surface area contributed by atoms with Gasteiger partial charge in [-0.3, -0.25) is 0 Å². The zero-order valence-corrected chi connectivity index (χ0v) is 17.2. The number of amides is 2. The summed E-state index contributed by atoms with van der Waals surface area (Å²) in [5.41, 5.74) is 3.76. The molecule has 5 nitrogen and oxygen atoms in total. The van der Waals surface area contributed by atoms with Gasteiger partial charge in [-0.2, -0.15) is 0 Å². The van der Waals surface area contributed by atoms with Crippen molar-refractivity contribution in [3.63, 3.8) is 0 Å². The molecule has 30 heavy (non-hydrogen) atoms. The van der Waals surface area contributed by atoms with Crippen LogP contribution in [0.5, 0.6) is 0 Å². The minimum Gasteiger partial charge on any atom is -0.348 e. The summed E-state index contributed by atoms with van der Waals surface area (Å²) in [4.78, 5) is 12.9. The van der Waals surface area contributed by atoms with Crippen LogP contribution in [0.4, 0.5) is 10.5 Å². The van der Waals surface area contributed by atoms with Gasteiger partial charge in [0.05, 0.1) is 18.3 Å². The van der Waals surface area contributed by atoms with E-state index in [1.165, 1.54) is 0 Å². The standard InChI is InChI=1S/C25H26N2O3/c1-25(2)29-17-22(23(30-25)19-13-7-4-8-14-19)27-24(28)26-21-16-10-9-15-20(21)18-11-5-3-6-12-18/h3-16,22-23H,17H2,1-2H3,(H2,26,27,28)/t22-,23+/m0/s1. The number of anilines is 1. The molecule has 0 aromatic heterocycles. The van der Waals surface area contributed by atoms with E-state index in [2.05, 4.69) is 10.6 Å². The van der Waals surface area contributed by atoms with E-state index in [0.717, 1.165) is 22.4 Å². The number of para-hydroxylation sites is 1.